The number of phenols is 1. The highest BCUT2D eigenvalue weighted by atomic mass is 16.3. The zero-order valence-corrected chi connectivity index (χ0v) is 9.81. The topological polar surface area (TPSA) is 66.2 Å². The van der Waals surface area contributed by atoms with E-state index in [1.54, 1.807) is 18.2 Å². The number of benzene rings is 1. The van der Waals surface area contributed by atoms with Crippen LogP contribution in [0.5, 0.6) is 5.75 Å². The van der Waals surface area contributed by atoms with Crippen molar-refractivity contribution in [2.24, 2.45) is 0 Å². The molecule has 1 aromatic heterocycles. The smallest absolute Gasteiger partial charge is 0.163 e. The van der Waals surface area contributed by atoms with Gasteiger partial charge in [-0.3, -0.25) is 0 Å². The van der Waals surface area contributed by atoms with Gasteiger partial charge in [-0.1, -0.05) is 12.1 Å². The van der Waals surface area contributed by atoms with Crippen molar-refractivity contribution in [1.29, 1.82) is 0 Å². The molecule has 1 aromatic carbocycles. The maximum Gasteiger partial charge on any atom is 0.163 e. The van der Waals surface area contributed by atoms with Crippen LogP contribution in [0.15, 0.2) is 24.3 Å². The Hall–Kier alpha value is -1.94. The molecular formula is C13H14N2O2. The zero-order valence-electron chi connectivity index (χ0n) is 9.81. The van der Waals surface area contributed by atoms with Crippen molar-refractivity contribution in [2.75, 3.05) is 0 Å². The summed E-state index contributed by atoms with van der Waals surface area (Å²) < 4.78 is 0. The monoisotopic (exact) mass is 230 g/mol. The van der Waals surface area contributed by atoms with Gasteiger partial charge in [0.25, 0.3) is 0 Å². The second-order valence-corrected chi connectivity index (χ2v) is 3.87. The van der Waals surface area contributed by atoms with E-state index in [0.29, 0.717) is 11.4 Å². The molecule has 0 radical (unpaired) electrons. The molecule has 0 atom stereocenters. The summed E-state index contributed by atoms with van der Waals surface area (Å²) in [6, 6.07) is 6.94. The number of aliphatic hydroxyl groups is 1. The van der Waals surface area contributed by atoms with Gasteiger partial charge in [0.1, 0.15) is 5.75 Å². The molecule has 0 spiro atoms. The summed E-state index contributed by atoms with van der Waals surface area (Å²) in [5.74, 6) is 0.637. The van der Waals surface area contributed by atoms with E-state index in [1.165, 1.54) is 0 Å². The van der Waals surface area contributed by atoms with Crippen LogP contribution in [-0.4, -0.2) is 20.2 Å². The van der Waals surface area contributed by atoms with E-state index >= 15 is 0 Å². The number of hydrogen-bond donors (Lipinski definition) is 2. The molecule has 0 amide bonds. The van der Waals surface area contributed by atoms with E-state index in [2.05, 4.69) is 9.97 Å². The molecule has 17 heavy (non-hydrogen) atoms. The molecule has 0 unspecified atom stereocenters. The van der Waals surface area contributed by atoms with Crippen LogP contribution in [0.25, 0.3) is 11.4 Å². The quantitative estimate of drug-likeness (QED) is 0.827. The Kier molecular flexibility index (Phi) is 3.06. The Morgan fingerprint density at radius 2 is 1.65 bits per heavy atom. The van der Waals surface area contributed by atoms with Crippen molar-refractivity contribution in [3.63, 3.8) is 0 Å². The first-order valence-corrected chi connectivity index (χ1v) is 5.37. The average molecular weight is 230 g/mol. The Balaban J connectivity index is 2.59. The first kappa shape index (κ1) is 11.5. The summed E-state index contributed by atoms with van der Waals surface area (Å²) in [6.07, 6.45) is 0. The van der Waals surface area contributed by atoms with Crippen LogP contribution in [0.1, 0.15) is 17.0 Å². The van der Waals surface area contributed by atoms with Crippen LogP contribution in [0.3, 0.4) is 0 Å². The fourth-order valence-electron chi connectivity index (χ4n) is 1.75. The van der Waals surface area contributed by atoms with E-state index in [4.69, 9.17) is 0 Å². The predicted octanol–water partition coefficient (Wildman–Crippen LogP) is 1.96. The lowest BCUT2D eigenvalue weighted by molar-refractivity contribution is 0.279. The van der Waals surface area contributed by atoms with Gasteiger partial charge in [0.15, 0.2) is 5.82 Å². The van der Waals surface area contributed by atoms with E-state index in [-0.39, 0.29) is 12.4 Å². The molecule has 88 valence electrons. The first-order chi connectivity index (χ1) is 8.13. The number of rotatable bonds is 2. The summed E-state index contributed by atoms with van der Waals surface area (Å²) in [7, 11) is 0. The van der Waals surface area contributed by atoms with Crippen LogP contribution in [0.2, 0.25) is 0 Å². The fourth-order valence-corrected chi connectivity index (χ4v) is 1.75. The fraction of sp³-hybridized carbons (Fsp3) is 0.231. The van der Waals surface area contributed by atoms with Crippen molar-refractivity contribution in [2.45, 2.75) is 20.5 Å². The van der Waals surface area contributed by atoms with Gasteiger partial charge in [-0.25, -0.2) is 9.97 Å². The largest absolute Gasteiger partial charge is 0.507 e. The van der Waals surface area contributed by atoms with E-state index < -0.39 is 0 Å². The number of aromatic nitrogens is 2. The minimum absolute atomic E-state index is 0.0707. The highest BCUT2D eigenvalue weighted by molar-refractivity contribution is 5.63. The summed E-state index contributed by atoms with van der Waals surface area (Å²) >= 11 is 0. The van der Waals surface area contributed by atoms with Crippen LogP contribution in [-0.2, 0) is 6.61 Å². The number of aromatic hydroxyl groups is 1. The highest BCUT2D eigenvalue weighted by Gasteiger charge is 2.11. The Morgan fingerprint density at radius 1 is 1.06 bits per heavy atom. The molecule has 4 nitrogen and oxygen atoms in total. The highest BCUT2D eigenvalue weighted by Crippen LogP contribution is 2.26. The third-order valence-corrected chi connectivity index (χ3v) is 2.72. The number of hydrogen-bond acceptors (Lipinski definition) is 4. The second kappa shape index (κ2) is 4.51. The van der Waals surface area contributed by atoms with Gasteiger partial charge in [0, 0.05) is 17.0 Å². The Bertz CT molecular complexity index is 530. The third kappa shape index (κ3) is 2.12. The van der Waals surface area contributed by atoms with Gasteiger partial charge in [-0.15, -0.1) is 0 Å². The molecule has 0 aliphatic heterocycles. The van der Waals surface area contributed by atoms with Crippen LogP contribution in [0, 0.1) is 13.8 Å². The lowest BCUT2D eigenvalue weighted by Gasteiger charge is -2.09. The van der Waals surface area contributed by atoms with Gasteiger partial charge in [-0.2, -0.15) is 0 Å². The molecule has 0 bridgehead atoms. The number of para-hydroxylation sites is 1. The number of aryl methyl sites for hydroxylation is 2. The van der Waals surface area contributed by atoms with Gasteiger partial charge in [-0.05, 0) is 26.0 Å². The molecule has 4 heteroatoms. The predicted molar refractivity (Wildman–Crippen MR) is 64.5 cm³/mol. The molecule has 2 N–H and O–H groups in total. The van der Waals surface area contributed by atoms with Crippen molar-refractivity contribution in [3.8, 4) is 17.1 Å². The number of phenolic OH excluding ortho intramolecular Hbond substituents is 1. The molecule has 0 saturated heterocycles. The van der Waals surface area contributed by atoms with Gasteiger partial charge >= 0.3 is 0 Å². The average Bonchev–Trinajstić information content (AvgIpc) is 2.29. The molecule has 1 heterocycles. The van der Waals surface area contributed by atoms with Gasteiger partial charge < -0.3 is 10.2 Å². The lowest BCUT2D eigenvalue weighted by Crippen LogP contribution is -2.02. The Morgan fingerprint density at radius 3 is 2.18 bits per heavy atom. The van der Waals surface area contributed by atoms with Gasteiger partial charge in [0.2, 0.25) is 0 Å². The molecule has 0 saturated carbocycles. The minimum atomic E-state index is -0.0707. The van der Waals surface area contributed by atoms with Crippen molar-refractivity contribution in [1.82, 2.24) is 9.97 Å². The zero-order chi connectivity index (χ0) is 12.4. The van der Waals surface area contributed by atoms with E-state index in [0.717, 1.165) is 17.0 Å². The summed E-state index contributed by atoms with van der Waals surface area (Å²) in [4.78, 5) is 8.61. The normalized spacial score (nSPS) is 10.5. The van der Waals surface area contributed by atoms with Crippen molar-refractivity contribution >= 4 is 0 Å². The maximum atomic E-state index is 9.74. The molecule has 0 aliphatic rings. The van der Waals surface area contributed by atoms with Crippen molar-refractivity contribution < 1.29 is 10.2 Å². The Labute approximate surface area is 99.6 Å². The van der Waals surface area contributed by atoms with Crippen LogP contribution < -0.4 is 0 Å². The van der Waals surface area contributed by atoms with Crippen LogP contribution >= 0.6 is 0 Å². The maximum absolute atomic E-state index is 9.74. The van der Waals surface area contributed by atoms with Crippen LogP contribution in [0.4, 0.5) is 0 Å². The molecular weight excluding hydrogens is 216 g/mol. The molecule has 2 rings (SSSR count). The molecule has 0 fully saturated rings. The second-order valence-electron chi connectivity index (χ2n) is 3.87. The van der Waals surface area contributed by atoms with Crippen molar-refractivity contribution in [3.05, 3.63) is 41.2 Å². The summed E-state index contributed by atoms with van der Waals surface area (Å²) in [5.41, 5.74) is 2.81. The molecule has 2 aromatic rings. The number of aliphatic hydroxyl groups excluding tert-OH is 1. The third-order valence-electron chi connectivity index (χ3n) is 2.72. The van der Waals surface area contributed by atoms with Gasteiger partial charge in [0.05, 0.1) is 12.2 Å². The SMILES string of the molecule is Cc1nc(-c2ccccc2O)nc(C)c1CO. The van der Waals surface area contributed by atoms with E-state index in [1.807, 2.05) is 19.9 Å². The summed E-state index contributed by atoms with van der Waals surface area (Å²) in [6.45, 7) is 3.58. The summed E-state index contributed by atoms with van der Waals surface area (Å²) in [5, 5.41) is 18.9. The molecule has 0 aliphatic carbocycles. The number of nitrogens with zero attached hydrogens (tertiary/aromatic N) is 2. The van der Waals surface area contributed by atoms with E-state index in [9.17, 15) is 10.2 Å². The standard InChI is InChI=1S/C13H14N2O2/c1-8-11(7-16)9(2)15-13(14-8)10-5-3-4-6-12(10)17/h3-6,16-17H,7H2,1-2H3. The first-order valence-electron chi connectivity index (χ1n) is 5.37. The lowest BCUT2D eigenvalue weighted by atomic mass is 10.1. The minimum Gasteiger partial charge on any atom is -0.507 e.